The first kappa shape index (κ1) is 20.1. The minimum atomic E-state index is -3.18. The number of hydrogen-bond acceptors (Lipinski definition) is 6. The van der Waals surface area contributed by atoms with Crippen molar-refractivity contribution < 1.29 is 27.3 Å². The Morgan fingerprint density at radius 1 is 1.50 bits per heavy atom. The van der Waals surface area contributed by atoms with Gasteiger partial charge < -0.3 is 9.64 Å². The highest BCUT2D eigenvalue weighted by molar-refractivity contribution is 7.91. The Bertz CT molecular complexity index is 798. The van der Waals surface area contributed by atoms with Gasteiger partial charge in [-0.05, 0) is 25.8 Å². The molecular formula is C16H21FN2O6S. The second-order valence-corrected chi connectivity index (χ2v) is 8.50. The summed E-state index contributed by atoms with van der Waals surface area (Å²) in [6.07, 6.45) is 0.959. The van der Waals surface area contributed by atoms with E-state index in [0.717, 1.165) is 18.2 Å². The van der Waals surface area contributed by atoms with Gasteiger partial charge in [-0.2, -0.15) is 0 Å². The lowest BCUT2D eigenvalue weighted by Crippen LogP contribution is -2.48. The number of carbonyl (C=O) groups excluding carboxylic acids is 1. The standard InChI is InChI=1S/C16H21FN2O6S/c1-3-11(2)18(13-6-7-26(23,24)10-13)16(20)9-25-15-8-12(17)4-5-14(15)19(21)22/h4-5,8,11,13H,3,6-7,9-10H2,1-2H3/t11-,13-/m0/s1. The van der Waals surface area contributed by atoms with Gasteiger partial charge in [0, 0.05) is 24.2 Å². The highest BCUT2D eigenvalue weighted by Gasteiger charge is 2.36. The zero-order valence-electron chi connectivity index (χ0n) is 14.6. The molecule has 1 saturated heterocycles. The van der Waals surface area contributed by atoms with Crippen LogP contribution < -0.4 is 4.74 Å². The van der Waals surface area contributed by atoms with Crippen LogP contribution >= 0.6 is 0 Å². The van der Waals surface area contributed by atoms with Crippen LogP contribution in [0.3, 0.4) is 0 Å². The van der Waals surface area contributed by atoms with Gasteiger partial charge in [0.2, 0.25) is 5.75 Å². The molecule has 0 saturated carbocycles. The molecular weight excluding hydrogens is 367 g/mol. The van der Waals surface area contributed by atoms with Crippen LogP contribution in [-0.2, 0) is 14.6 Å². The summed E-state index contributed by atoms with van der Waals surface area (Å²) >= 11 is 0. The lowest BCUT2D eigenvalue weighted by atomic mass is 10.1. The summed E-state index contributed by atoms with van der Waals surface area (Å²) < 4.78 is 42.0. The van der Waals surface area contributed by atoms with Crippen LogP contribution in [0.1, 0.15) is 26.7 Å². The Hall–Kier alpha value is -2.23. The van der Waals surface area contributed by atoms with Crippen LogP contribution in [0.15, 0.2) is 18.2 Å². The van der Waals surface area contributed by atoms with Crippen LogP contribution in [0.25, 0.3) is 0 Å². The Kier molecular flexibility index (Phi) is 6.17. The number of hydrogen-bond donors (Lipinski definition) is 0. The number of nitro groups is 1. The number of sulfone groups is 1. The Labute approximate surface area is 151 Å². The molecule has 1 fully saturated rings. The fourth-order valence-electron chi connectivity index (χ4n) is 2.97. The fourth-order valence-corrected chi connectivity index (χ4v) is 4.68. The van der Waals surface area contributed by atoms with E-state index in [-0.39, 0.29) is 23.3 Å². The maximum Gasteiger partial charge on any atom is 0.311 e. The fraction of sp³-hybridized carbons (Fsp3) is 0.562. The molecule has 0 aromatic heterocycles. The van der Waals surface area contributed by atoms with Crippen LogP contribution in [-0.4, -0.2) is 54.3 Å². The Balaban J connectivity index is 2.16. The SMILES string of the molecule is CC[C@H](C)N(C(=O)COc1cc(F)ccc1[N+](=O)[O-])[C@H]1CCS(=O)(=O)C1. The summed E-state index contributed by atoms with van der Waals surface area (Å²) in [5.74, 6) is -1.64. The molecule has 1 heterocycles. The van der Waals surface area contributed by atoms with Gasteiger partial charge in [-0.15, -0.1) is 0 Å². The van der Waals surface area contributed by atoms with Gasteiger partial charge in [0.25, 0.3) is 5.91 Å². The van der Waals surface area contributed by atoms with Crippen molar-refractivity contribution in [3.05, 3.63) is 34.1 Å². The predicted molar refractivity (Wildman–Crippen MR) is 92.2 cm³/mol. The van der Waals surface area contributed by atoms with Crippen LogP contribution in [0.2, 0.25) is 0 Å². The van der Waals surface area contributed by atoms with E-state index >= 15 is 0 Å². The summed E-state index contributed by atoms with van der Waals surface area (Å²) in [6.45, 7) is 3.13. The van der Waals surface area contributed by atoms with Gasteiger partial charge in [0.1, 0.15) is 5.82 Å². The lowest BCUT2D eigenvalue weighted by Gasteiger charge is -2.33. The maximum absolute atomic E-state index is 13.3. The van der Waals surface area contributed by atoms with Crippen molar-refractivity contribution >= 4 is 21.4 Å². The van der Waals surface area contributed by atoms with E-state index in [0.29, 0.717) is 12.8 Å². The summed E-state index contributed by atoms with van der Waals surface area (Å²) in [6, 6.07) is 2.08. The molecule has 1 aromatic carbocycles. The van der Waals surface area contributed by atoms with E-state index in [9.17, 15) is 27.7 Å². The van der Waals surface area contributed by atoms with Gasteiger partial charge in [0.15, 0.2) is 16.4 Å². The van der Waals surface area contributed by atoms with E-state index in [1.807, 2.05) is 6.92 Å². The minimum absolute atomic E-state index is 0.0219. The molecule has 0 unspecified atom stereocenters. The molecule has 10 heteroatoms. The first-order valence-corrected chi connectivity index (χ1v) is 10.0. The van der Waals surface area contributed by atoms with Crippen molar-refractivity contribution in [2.75, 3.05) is 18.1 Å². The van der Waals surface area contributed by atoms with Crippen molar-refractivity contribution in [3.63, 3.8) is 0 Å². The van der Waals surface area contributed by atoms with E-state index in [1.165, 1.54) is 4.90 Å². The number of rotatable bonds is 7. The normalized spacial score (nSPS) is 19.7. The monoisotopic (exact) mass is 388 g/mol. The molecule has 26 heavy (non-hydrogen) atoms. The molecule has 0 spiro atoms. The number of amides is 1. The smallest absolute Gasteiger partial charge is 0.311 e. The maximum atomic E-state index is 13.3. The molecule has 0 radical (unpaired) electrons. The molecule has 1 amide bonds. The number of halogens is 1. The summed E-state index contributed by atoms with van der Waals surface area (Å²) in [4.78, 5) is 24.4. The summed E-state index contributed by atoms with van der Waals surface area (Å²) in [7, 11) is -3.18. The van der Waals surface area contributed by atoms with Crippen molar-refractivity contribution in [3.8, 4) is 5.75 Å². The average Bonchev–Trinajstić information content (AvgIpc) is 2.92. The summed E-state index contributed by atoms with van der Waals surface area (Å²) in [5, 5.41) is 11.0. The number of ether oxygens (including phenoxy) is 1. The third kappa shape index (κ3) is 4.69. The van der Waals surface area contributed by atoms with E-state index in [4.69, 9.17) is 4.74 Å². The third-order valence-corrected chi connectivity index (χ3v) is 6.18. The molecule has 0 aliphatic carbocycles. The summed E-state index contributed by atoms with van der Waals surface area (Å²) in [5.41, 5.74) is -0.447. The number of nitrogens with zero attached hydrogens (tertiary/aromatic N) is 2. The van der Waals surface area contributed by atoms with Gasteiger partial charge in [-0.3, -0.25) is 14.9 Å². The van der Waals surface area contributed by atoms with Gasteiger partial charge in [0.05, 0.1) is 16.4 Å². The predicted octanol–water partition coefficient (Wildman–Crippen LogP) is 1.93. The number of benzene rings is 1. The molecule has 0 bridgehead atoms. The van der Waals surface area contributed by atoms with Crippen molar-refractivity contribution in [1.29, 1.82) is 0 Å². The molecule has 8 nitrogen and oxygen atoms in total. The molecule has 2 atom stereocenters. The molecule has 1 aliphatic heterocycles. The molecule has 2 rings (SSSR count). The van der Waals surface area contributed by atoms with E-state index in [1.54, 1.807) is 6.92 Å². The van der Waals surface area contributed by atoms with E-state index in [2.05, 4.69) is 0 Å². The van der Waals surface area contributed by atoms with E-state index < -0.39 is 44.8 Å². The largest absolute Gasteiger partial charge is 0.477 e. The highest BCUT2D eigenvalue weighted by atomic mass is 32.2. The van der Waals surface area contributed by atoms with Crippen LogP contribution in [0.4, 0.5) is 10.1 Å². The second-order valence-electron chi connectivity index (χ2n) is 6.27. The Morgan fingerprint density at radius 3 is 2.73 bits per heavy atom. The first-order chi connectivity index (χ1) is 12.1. The number of nitro benzene ring substituents is 1. The van der Waals surface area contributed by atoms with Crippen LogP contribution in [0, 0.1) is 15.9 Å². The highest BCUT2D eigenvalue weighted by Crippen LogP contribution is 2.28. The topological polar surface area (TPSA) is 107 Å². The number of carbonyl (C=O) groups is 1. The van der Waals surface area contributed by atoms with Gasteiger partial charge in [-0.1, -0.05) is 6.92 Å². The van der Waals surface area contributed by atoms with Crippen LogP contribution in [0.5, 0.6) is 5.75 Å². The first-order valence-electron chi connectivity index (χ1n) is 8.23. The zero-order chi connectivity index (χ0) is 19.5. The van der Waals surface area contributed by atoms with Crippen molar-refractivity contribution in [1.82, 2.24) is 4.90 Å². The second kappa shape index (κ2) is 7.98. The van der Waals surface area contributed by atoms with Crippen molar-refractivity contribution in [2.24, 2.45) is 0 Å². The molecule has 1 aromatic rings. The molecule has 1 aliphatic rings. The van der Waals surface area contributed by atoms with Gasteiger partial charge >= 0.3 is 5.69 Å². The minimum Gasteiger partial charge on any atom is -0.477 e. The lowest BCUT2D eigenvalue weighted by molar-refractivity contribution is -0.385. The molecule has 0 N–H and O–H groups in total. The molecule has 144 valence electrons. The quantitative estimate of drug-likeness (QED) is 0.522. The zero-order valence-corrected chi connectivity index (χ0v) is 15.4. The van der Waals surface area contributed by atoms with Gasteiger partial charge in [-0.25, -0.2) is 12.8 Å². The third-order valence-electron chi connectivity index (χ3n) is 4.43. The average molecular weight is 388 g/mol. The van der Waals surface area contributed by atoms with Crippen molar-refractivity contribution in [2.45, 2.75) is 38.8 Å². The Morgan fingerprint density at radius 2 is 2.19 bits per heavy atom.